The van der Waals surface area contributed by atoms with Gasteiger partial charge in [0.05, 0.1) is 19.3 Å². The molecule has 1 spiro atoms. The Morgan fingerprint density at radius 1 is 1.08 bits per heavy atom. The Hall–Kier alpha value is -0.160. The Morgan fingerprint density at radius 2 is 1.77 bits per heavy atom. The van der Waals surface area contributed by atoms with Crippen LogP contribution in [0.4, 0.5) is 0 Å². The van der Waals surface area contributed by atoms with Gasteiger partial charge in [-0.2, -0.15) is 0 Å². The third kappa shape index (κ3) is 1.86. The van der Waals surface area contributed by atoms with Gasteiger partial charge in [-0.15, -0.1) is 0 Å². The van der Waals surface area contributed by atoms with Gasteiger partial charge in [0.25, 0.3) is 0 Å². The van der Waals surface area contributed by atoms with E-state index in [1.54, 1.807) is 0 Å². The van der Waals surface area contributed by atoms with Gasteiger partial charge >= 0.3 is 0 Å². The number of rotatable bonds is 0. The average Bonchev–Trinajstić information content (AvgIpc) is 2.14. The molecule has 2 atom stereocenters. The van der Waals surface area contributed by atoms with E-state index >= 15 is 0 Å². The van der Waals surface area contributed by atoms with Gasteiger partial charge < -0.3 is 9.47 Å². The Kier molecular flexibility index (Phi) is 2.55. The summed E-state index contributed by atoms with van der Waals surface area (Å²) in [5.41, 5.74) is 0. The lowest BCUT2D eigenvalue weighted by Crippen LogP contribution is -2.51. The van der Waals surface area contributed by atoms with E-state index in [1.807, 2.05) is 13.8 Å². The van der Waals surface area contributed by atoms with Crippen molar-refractivity contribution in [1.29, 1.82) is 0 Å². The molecule has 2 rings (SSSR count). The fourth-order valence-electron chi connectivity index (χ4n) is 1.58. The minimum atomic E-state index is -0.538. The SMILES string of the molecule is CC1OOC2(CCOCC2)OC1C. The summed E-state index contributed by atoms with van der Waals surface area (Å²) in [5, 5.41) is 0. The zero-order valence-corrected chi connectivity index (χ0v) is 8.12. The molecule has 2 saturated heterocycles. The monoisotopic (exact) mass is 188 g/mol. The maximum Gasteiger partial charge on any atom is 0.206 e. The van der Waals surface area contributed by atoms with Crippen LogP contribution in [-0.4, -0.2) is 31.2 Å². The molecule has 0 aromatic carbocycles. The lowest BCUT2D eigenvalue weighted by molar-refractivity contribution is -0.506. The Balaban J connectivity index is 1.99. The molecule has 4 heteroatoms. The summed E-state index contributed by atoms with van der Waals surface area (Å²) in [6.45, 7) is 5.32. The first-order valence-corrected chi connectivity index (χ1v) is 4.82. The van der Waals surface area contributed by atoms with Gasteiger partial charge in [-0.25, -0.2) is 9.78 Å². The molecule has 2 aliphatic heterocycles. The second kappa shape index (κ2) is 3.53. The van der Waals surface area contributed by atoms with Gasteiger partial charge in [0, 0.05) is 12.8 Å². The van der Waals surface area contributed by atoms with E-state index in [4.69, 9.17) is 19.2 Å². The van der Waals surface area contributed by atoms with Crippen LogP contribution < -0.4 is 0 Å². The molecule has 0 amide bonds. The standard InChI is InChI=1S/C9H16O4/c1-7-8(2)12-13-9(11-7)3-5-10-6-4-9/h7-8H,3-6H2,1-2H3. The third-order valence-corrected chi connectivity index (χ3v) is 2.67. The van der Waals surface area contributed by atoms with E-state index in [0.717, 1.165) is 12.8 Å². The summed E-state index contributed by atoms with van der Waals surface area (Å²) in [7, 11) is 0. The fourth-order valence-corrected chi connectivity index (χ4v) is 1.58. The van der Waals surface area contributed by atoms with Crippen molar-refractivity contribution in [1.82, 2.24) is 0 Å². The van der Waals surface area contributed by atoms with Crippen LogP contribution in [0, 0.1) is 0 Å². The van der Waals surface area contributed by atoms with Crippen molar-refractivity contribution in [3.63, 3.8) is 0 Å². The van der Waals surface area contributed by atoms with Crippen molar-refractivity contribution in [2.24, 2.45) is 0 Å². The van der Waals surface area contributed by atoms with E-state index in [9.17, 15) is 0 Å². The second-order valence-corrected chi connectivity index (χ2v) is 3.73. The fraction of sp³-hybridized carbons (Fsp3) is 1.00. The largest absolute Gasteiger partial charge is 0.381 e. The van der Waals surface area contributed by atoms with E-state index in [2.05, 4.69) is 0 Å². The number of ether oxygens (including phenoxy) is 2. The molecule has 0 aromatic heterocycles. The van der Waals surface area contributed by atoms with Gasteiger partial charge in [0.1, 0.15) is 6.10 Å². The molecule has 76 valence electrons. The first-order chi connectivity index (χ1) is 6.22. The van der Waals surface area contributed by atoms with E-state index in [-0.39, 0.29) is 12.2 Å². The molecule has 2 unspecified atom stereocenters. The van der Waals surface area contributed by atoms with Crippen LogP contribution in [0.15, 0.2) is 0 Å². The molecule has 2 fully saturated rings. The first-order valence-electron chi connectivity index (χ1n) is 4.82. The quantitative estimate of drug-likeness (QED) is 0.536. The summed E-state index contributed by atoms with van der Waals surface area (Å²) in [6, 6.07) is 0. The van der Waals surface area contributed by atoms with Crippen molar-refractivity contribution < 1.29 is 19.2 Å². The van der Waals surface area contributed by atoms with E-state index < -0.39 is 5.79 Å². The molecule has 2 aliphatic rings. The minimum absolute atomic E-state index is 0.00784. The van der Waals surface area contributed by atoms with Crippen molar-refractivity contribution in [3.05, 3.63) is 0 Å². The number of hydrogen-bond donors (Lipinski definition) is 0. The number of hydrogen-bond acceptors (Lipinski definition) is 4. The highest BCUT2D eigenvalue weighted by Crippen LogP contribution is 2.33. The molecule has 0 aromatic rings. The molecule has 0 aliphatic carbocycles. The molecule has 0 bridgehead atoms. The molecule has 13 heavy (non-hydrogen) atoms. The smallest absolute Gasteiger partial charge is 0.206 e. The maximum atomic E-state index is 5.80. The molecule has 0 N–H and O–H groups in total. The van der Waals surface area contributed by atoms with Crippen molar-refractivity contribution in [2.75, 3.05) is 13.2 Å². The first kappa shape index (κ1) is 9.40. The van der Waals surface area contributed by atoms with E-state index in [1.165, 1.54) is 0 Å². The Labute approximate surface area is 78.0 Å². The summed E-state index contributed by atoms with van der Waals surface area (Å²) in [4.78, 5) is 10.5. The highest BCUT2D eigenvalue weighted by atomic mass is 17.2. The highest BCUT2D eigenvalue weighted by molar-refractivity contribution is 4.77. The second-order valence-electron chi connectivity index (χ2n) is 3.73. The lowest BCUT2D eigenvalue weighted by atomic mass is 10.1. The predicted molar refractivity (Wildman–Crippen MR) is 45.0 cm³/mol. The Bertz CT molecular complexity index is 176. The van der Waals surface area contributed by atoms with Crippen LogP contribution in [0.3, 0.4) is 0 Å². The van der Waals surface area contributed by atoms with Crippen molar-refractivity contribution >= 4 is 0 Å². The zero-order valence-electron chi connectivity index (χ0n) is 8.12. The molecule has 2 heterocycles. The molecular formula is C9H16O4. The van der Waals surface area contributed by atoms with Crippen LogP contribution in [0.25, 0.3) is 0 Å². The minimum Gasteiger partial charge on any atom is -0.381 e. The van der Waals surface area contributed by atoms with Crippen LogP contribution in [0.2, 0.25) is 0 Å². The van der Waals surface area contributed by atoms with Gasteiger partial charge in [-0.3, -0.25) is 0 Å². The van der Waals surface area contributed by atoms with Crippen molar-refractivity contribution in [2.45, 2.75) is 44.7 Å². The van der Waals surface area contributed by atoms with Crippen LogP contribution in [0.1, 0.15) is 26.7 Å². The zero-order chi connectivity index (χ0) is 9.31. The van der Waals surface area contributed by atoms with Crippen LogP contribution >= 0.6 is 0 Å². The van der Waals surface area contributed by atoms with Crippen LogP contribution in [0.5, 0.6) is 0 Å². The highest BCUT2D eigenvalue weighted by Gasteiger charge is 2.43. The van der Waals surface area contributed by atoms with E-state index in [0.29, 0.717) is 13.2 Å². The topological polar surface area (TPSA) is 36.9 Å². The third-order valence-electron chi connectivity index (χ3n) is 2.67. The summed E-state index contributed by atoms with van der Waals surface area (Å²) < 4.78 is 11.0. The molecule has 0 radical (unpaired) electrons. The predicted octanol–water partition coefficient (Wildman–Crippen LogP) is 1.25. The maximum absolute atomic E-state index is 5.80. The normalized spacial score (nSPS) is 39.2. The average molecular weight is 188 g/mol. The van der Waals surface area contributed by atoms with Gasteiger partial charge in [0.15, 0.2) is 0 Å². The molecule has 0 saturated carbocycles. The van der Waals surface area contributed by atoms with Gasteiger partial charge in [-0.05, 0) is 13.8 Å². The van der Waals surface area contributed by atoms with Crippen LogP contribution in [-0.2, 0) is 19.2 Å². The van der Waals surface area contributed by atoms with Crippen molar-refractivity contribution in [3.8, 4) is 0 Å². The lowest BCUT2D eigenvalue weighted by Gasteiger charge is -2.43. The Morgan fingerprint density at radius 3 is 2.38 bits per heavy atom. The molecule has 4 nitrogen and oxygen atoms in total. The van der Waals surface area contributed by atoms with Gasteiger partial charge in [-0.1, -0.05) is 0 Å². The van der Waals surface area contributed by atoms with Gasteiger partial charge in [0.2, 0.25) is 5.79 Å². The summed E-state index contributed by atoms with van der Waals surface area (Å²) in [5.74, 6) is -0.538. The summed E-state index contributed by atoms with van der Waals surface area (Å²) in [6.07, 6.45) is 1.61. The summed E-state index contributed by atoms with van der Waals surface area (Å²) >= 11 is 0. The molecular weight excluding hydrogens is 172 g/mol.